The number of para-hydroxylation sites is 1. The molecule has 0 radical (unpaired) electrons. The molecule has 2 aromatic rings. The van der Waals surface area contributed by atoms with E-state index in [4.69, 9.17) is 15.3 Å². The summed E-state index contributed by atoms with van der Waals surface area (Å²) in [6.45, 7) is 0. The number of benzene rings is 2. The predicted molar refractivity (Wildman–Crippen MR) is 80.7 cm³/mol. The maximum absolute atomic E-state index is 8.65. The van der Waals surface area contributed by atoms with E-state index < -0.39 is 0 Å². The van der Waals surface area contributed by atoms with Gasteiger partial charge in [0.2, 0.25) is 5.71 Å². The van der Waals surface area contributed by atoms with Crippen LogP contribution in [0.4, 0.5) is 5.69 Å². The van der Waals surface area contributed by atoms with E-state index in [1.54, 1.807) is 25.3 Å². The molecule has 21 heavy (non-hydrogen) atoms. The number of ether oxygens (including phenoxy) is 1. The standard InChI is InChI=1S/C16H12N4O/c1-21-16-8-3-2-7-15(16)12-5-4-6-13(9-12)19-20-14(10-17)11-18/h2-9,19H,1H3. The van der Waals surface area contributed by atoms with Crippen LogP contribution in [0, 0.1) is 22.7 Å². The number of hydrogen-bond donors (Lipinski definition) is 1. The Bertz CT molecular complexity index is 737. The smallest absolute Gasteiger partial charge is 0.237 e. The zero-order valence-electron chi connectivity index (χ0n) is 11.4. The van der Waals surface area contributed by atoms with Gasteiger partial charge in [0.25, 0.3) is 0 Å². The molecule has 0 fully saturated rings. The van der Waals surface area contributed by atoms with Crippen LogP contribution >= 0.6 is 0 Å². The third-order valence-corrected chi connectivity index (χ3v) is 2.79. The van der Waals surface area contributed by atoms with Crippen LogP contribution < -0.4 is 10.2 Å². The van der Waals surface area contributed by atoms with Gasteiger partial charge >= 0.3 is 0 Å². The van der Waals surface area contributed by atoms with E-state index in [9.17, 15) is 0 Å². The van der Waals surface area contributed by atoms with Crippen molar-refractivity contribution in [3.05, 3.63) is 48.5 Å². The van der Waals surface area contributed by atoms with Crippen molar-refractivity contribution in [1.29, 1.82) is 10.5 Å². The van der Waals surface area contributed by atoms with Gasteiger partial charge in [-0.2, -0.15) is 15.6 Å². The van der Waals surface area contributed by atoms with Crippen molar-refractivity contribution in [2.75, 3.05) is 12.5 Å². The Hall–Kier alpha value is -3.31. The van der Waals surface area contributed by atoms with Crippen molar-refractivity contribution in [3.8, 4) is 29.0 Å². The summed E-state index contributed by atoms with van der Waals surface area (Å²) in [5, 5.41) is 21.0. The molecule has 0 spiro atoms. The van der Waals surface area contributed by atoms with Gasteiger partial charge in [0.05, 0.1) is 12.8 Å². The van der Waals surface area contributed by atoms with Crippen molar-refractivity contribution < 1.29 is 4.74 Å². The van der Waals surface area contributed by atoms with Crippen LogP contribution in [0.3, 0.4) is 0 Å². The number of hydrogen-bond acceptors (Lipinski definition) is 5. The molecule has 0 saturated heterocycles. The van der Waals surface area contributed by atoms with Gasteiger partial charge in [-0.15, -0.1) is 0 Å². The van der Waals surface area contributed by atoms with Crippen LogP contribution in [-0.2, 0) is 0 Å². The van der Waals surface area contributed by atoms with Gasteiger partial charge in [0, 0.05) is 5.56 Å². The molecule has 0 saturated carbocycles. The predicted octanol–water partition coefficient (Wildman–Crippen LogP) is 3.18. The molecule has 0 atom stereocenters. The molecular weight excluding hydrogens is 264 g/mol. The summed E-state index contributed by atoms with van der Waals surface area (Å²) in [5.74, 6) is 0.771. The van der Waals surface area contributed by atoms with E-state index in [1.165, 1.54) is 0 Å². The summed E-state index contributed by atoms with van der Waals surface area (Å²) >= 11 is 0. The Morgan fingerprint density at radius 1 is 1.10 bits per heavy atom. The normalized spacial score (nSPS) is 9.10. The number of anilines is 1. The summed E-state index contributed by atoms with van der Waals surface area (Å²) in [4.78, 5) is 0. The molecule has 0 unspecified atom stereocenters. The minimum atomic E-state index is -0.224. The van der Waals surface area contributed by atoms with Crippen LogP contribution in [0.5, 0.6) is 5.75 Å². The molecule has 0 aliphatic carbocycles. The molecule has 0 heterocycles. The summed E-state index contributed by atoms with van der Waals surface area (Å²) in [5.41, 5.74) is 5.05. The first-order valence-corrected chi connectivity index (χ1v) is 6.16. The highest BCUT2D eigenvalue weighted by molar-refractivity contribution is 6.10. The number of methoxy groups -OCH3 is 1. The fraction of sp³-hybridized carbons (Fsp3) is 0.0625. The van der Waals surface area contributed by atoms with Crippen molar-refractivity contribution in [2.24, 2.45) is 5.10 Å². The number of nitrogens with one attached hydrogen (secondary N) is 1. The first-order valence-electron chi connectivity index (χ1n) is 6.16. The zero-order valence-corrected chi connectivity index (χ0v) is 11.4. The van der Waals surface area contributed by atoms with E-state index in [1.807, 2.05) is 42.5 Å². The fourth-order valence-corrected chi connectivity index (χ4v) is 1.83. The second-order valence-electron chi connectivity index (χ2n) is 4.08. The summed E-state index contributed by atoms with van der Waals surface area (Å²) in [6, 6.07) is 18.5. The fourth-order valence-electron chi connectivity index (χ4n) is 1.83. The third-order valence-electron chi connectivity index (χ3n) is 2.79. The highest BCUT2D eigenvalue weighted by Gasteiger charge is 2.05. The lowest BCUT2D eigenvalue weighted by atomic mass is 10.0. The summed E-state index contributed by atoms with van der Waals surface area (Å²) in [6.07, 6.45) is 0. The van der Waals surface area contributed by atoms with E-state index in [-0.39, 0.29) is 5.71 Å². The van der Waals surface area contributed by atoms with E-state index in [0.717, 1.165) is 16.9 Å². The molecule has 2 aromatic carbocycles. The minimum Gasteiger partial charge on any atom is -0.496 e. The first kappa shape index (κ1) is 14.1. The lowest BCUT2D eigenvalue weighted by molar-refractivity contribution is 0.416. The van der Waals surface area contributed by atoms with Crippen molar-refractivity contribution in [3.63, 3.8) is 0 Å². The van der Waals surface area contributed by atoms with Gasteiger partial charge in [-0.3, -0.25) is 5.43 Å². The van der Waals surface area contributed by atoms with Crippen LogP contribution in [0.2, 0.25) is 0 Å². The molecule has 0 bridgehead atoms. The average Bonchev–Trinajstić information content (AvgIpc) is 2.56. The van der Waals surface area contributed by atoms with Gasteiger partial charge in [-0.25, -0.2) is 0 Å². The number of hydrazone groups is 1. The summed E-state index contributed by atoms with van der Waals surface area (Å²) in [7, 11) is 1.62. The van der Waals surface area contributed by atoms with Gasteiger partial charge in [-0.05, 0) is 23.8 Å². The highest BCUT2D eigenvalue weighted by Crippen LogP contribution is 2.30. The van der Waals surface area contributed by atoms with Crippen molar-refractivity contribution in [1.82, 2.24) is 0 Å². The van der Waals surface area contributed by atoms with Gasteiger partial charge in [-0.1, -0.05) is 30.3 Å². The summed E-state index contributed by atoms with van der Waals surface area (Å²) < 4.78 is 5.34. The van der Waals surface area contributed by atoms with Crippen molar-refractivity contribution >= 4 is 11.4 Å². The Morgan fingerprint density at radius 2 is 1.86 bits per heavy atom. The number of nitriles is 2. The second-order valence-corrected chi connectivity index (χ2v) is 4.08. The van der Waals surface area contributed by atoms with Crippen molar-refractivity contribution in [2.45, 2.75) is 0 Å². The molecule has 5 heteroatoms. The Kier molecular flexibility index (Phi) is 4.53. The van der Waals surface area contributed by atoms with Gasteiger partial charge in [0.1, 0.15) is 17.9 Å². The third kappa shape index (κ3) is 3.37. The lowest BCUT2D eigenvalue weighted by Crippen LogP contribution is -1.96. The maximum Gasteiger partial charge on any atom is 0.237 e. The van der Waals surface area contributed by atoms with E-state index in [2.05, 4.69) is 10.5 Å². The topological polar surface area (TPSA) is 81.2 Å². The lowest BCUT2D eigenvalue weighted by Gasteiger charge is -2.09. The first-order chi connectivity index (χ1) is 10.3. The molecule has 102 valence electrons. The van der Waals surface area contributed by atoms with Crippen LogP contribution in [0.1, 0.15) is 0 Å². The monoisotopic (exact) mass is 276 g/mol. The maximum atomic E-state index is 8.65. The Labute approximate surface area is 122 Å². The molecule has 2 rings (SSSR count). The molecule has 1 N–H and O–H groups in total. The largest absolute Gasteiger partial charge is 0.496 e. The quantitative estimate of drug-likeness (QED) is 0.687. The number of nitrogens with zero attached hydrogens (tertiary/aromatic N) is 3. The zero-order chi connectivity index (χ0) is 15.1. The van der Waals surface area contributed by atoms with E-state index in [0.29, 0.717) is 5.69 Å². The van der Waals surface area contributed by atoms with Crippen LogP contribution in [0.15, 0.2) is 53.6 Å². The molecule has 0 aliphatic rings. The number of rotatable bonds is 4. The average molecular weight is 276 g/mol. The molecule has 5 nitrogen and oxygen atoms in total. The van der Waals surface area contributed by atoms with Crippen LogP contribution in [0.25, 0.3) is 11.1 Å². The molecule has 0 aliphatic heterocycles. The minimum absolute atomic E-state index is 0.224. The SMILES string of the molecule is COc1ccccc1-c1cccc(NN=C(C#N)C#N)c1. The Morgan fingerprint density at radius 3 is 2.57 bits per heavy atom. The molecule has 0 aromatic heterocycles. The van der Waals surface area contributed by atoms with Gasteiger partial charge < -0.3 is 4.74 Å². The molecule has 0 amide bonds. The molecular formula is C16H12N4O. The highest BCUT2D eigenvalue weighted by atomic mass is 16.5. The van der Waals surface area contributed by atoms with Crippen LogP contribution in [-0.4, -0.2) is 12.8 Å². The van der Waals surface area contributed by atoms with E-state index >= 15 is 0 Å². The Balaban J connectivity index is 2.33. The van der Waals surface area contributed by atoms with Gasteiger partial charge in [0.15, 0.2) is 0 Å². The second kappa shape index (κ2) is 6.74.